The third-order valence-electron chi connectivity index (χ3n) is 4.43. The largest absolute Gasteiger partial charge is 0.417 e. The van der Waals surface area contributed by atoms with Gasteiger partial charge in [0, 0.05) is 32.2 Å². The van der Waals surface area contributed by atoms with Gasteiger partial charge in [-0.05, 0) is 25.0 Å². The average molecular weight is 355 g/mol. The smallest absolute Gasteiger partial charge is 0.352 e. The summed E-state index contributed by atoms with van der Waals surface area (Å²) in [5.41, 5.74) is -1.24. The van der Waals surface area contributed by atoms with E-state index in [1.807, 2.05) is 4.90 Å². The van der Waals surface area contributed by atoms with E-state index in [0.29, 0.717) is 32.2 Å². The molecule has 3 rings (SSSR count). The molecule has 1 aliphatic heterocycles. The highest BCUT2D eigenvalue weighted by atomic mass is 19.4. The van der Waals surface area contributed by atoms with Crippen LogP contribution in [0.4, 0.5) is 13.2 Å². The molecule has 1 aromatic rings. The van der Waals surface area contributed by atoms with Crippen molar-refractivity contribution in [2.75, 3.05) is 32.7 Å². The number of hydrogen-bond acceptors (Lipinski definition) is 3. The third-order valence-corrected chi connectivity index (χ3v) is 4.43. The number of nitrogens with zero attached hydrogens (tertiary/aromatic N) is 2. The SMILES string of the molecule is O=C(CN1CCN(C(=O)c2ccccc2C(F)(F)F)CC1)NC1CC1. The molecule has 1 saturated heterocycles. The van der Waals surface area contributed by atoms with Gasteiger partial charge < -0.3 is 10.2 Å². The minimum Gasteiger partial charge on any atom is -0.352 e. The van der Waals surface area contributed by atoms with Crippen LogP contribution in [0, 0.1) is 0 Å². The number of carbonyl (C=O) groups is 2. The number of hydrogen-bond donors (Lipinski definition) is 1. The second-order valence-corrected chi connectivity index (χ2v) is 6.45. The van der Waals surface area contributed by atoms with Crippen LogP contribution in [0.15, 0.2) is 24.3 Å². The summed E-state index contributed by atoms with van der Waals surface area (Å²) in [6, 6.07) is 5.14. The third kappa shape index (κ3) is 4.50. The zero-order valence-electron chi connectivity index (χ0n) is 13.7. The van der Waals surface area contributed by atoms with E-state index in [-0.39, 0.29) is 18.0 Å². The first-order valence-corrected chi connectivity index (χ1v) is 8.32. The van der Waals surface area contributed by atoms with E-state index < -0.39 is 17.6 Å². The Morgan fingerprint density at radius 1 is 1.08 bits per heavy atom. The molecule has 5 nitrogen and oxygen atoms in total. The lowest BCUT2D eigenvalue weighted by atomic mass is 10.1. The Labute approximate surface area is 143 Å². The molecule has 1 N–H and O–H groups in total. The standard InChI is InChI=1S/C17H20F3N3O2/c18-17(19,20)14-4-2-1-3-13(14)16(25)23-9-7-22(8-10-23)11-15(24)21-12-5-6-12/h1-4,12H,5-11H2,(H,21,24). The minimum absolute atomic E-state index is 0.0373. The highest BCUT2D eigenvalue weighted by Gasteiger charge is 2.36. The van der Waals surface area contributed by atoms with Gasteiger partial charge >= 0.3 is 6.18 Å². The average Bonchev–Trinajstić information content (AvgIpc) is 3.38. The Kier molecular flexibility index (Phi) is 4.99. The predicted octanol–water partition coefficient (Wildman–Crippen LogP) is 1.74. The Hall–Kier alpha value is -2.09. The minimum atomic E-state index is -4.56. The van der Waals surface area contributed by atoms with Gasteiger partial charge in [-0.3, -0.25) is 14.5 Å². The molecular weight excluding hydrogens is 335 g/mol. The van der Waals surface area contributed by atoms with E-state index in [9.17, 15) is 22.8 Å². The molecule has 0 radical (unpaired) electrons. The van der Waals surface area contributed by atoms with E-state index in [4.69, 9.17) is 0 Å². The topological polar surface area (TPSA) is 52.7 Å². The van der Waals surface area contributed by atoms with E-state index in [2.05, 4.69) is 5.32 Å². The van der Waals surface area contributed by atoms with Crippen molar-refractivity contribution in [2.45, 2.75) is 25.1 Å². The van der Waals surface area contributed by atoms with E-state index in [1.165, 1.54) is 23.1 Å². The van der Waals surface area contributed by atoms with Crippen LogP contribution in [0.25, 0.3) is 0 Å². The van der Waals surface area contributed by atoms with Crippen LogP contribution in [0.3, 0.4) is 0 Å². The normalized spacial score (nSPS) is 18.9. The van der Waals surface area contributed by atoms with E-state index in [1.54, 1.807) is 0 Å². The zero-order valence-corrected chi connectivity index (χ0v) is 13.7. The van der Waals surface area contributed by atoms with Crippen molar-refractivity contribution in [1.82, 2.24) is 15.1 Å². The highest BCUT2D eigenvalue weighted by molar-refractivity contribution is 5.96. The molecule has 0 unspecified atom stereocenters. The van der Waals surface area contributed by atoms with Crippen LogP contribution in [-0.4, -0.2) is 60.4 Å². The highest BCUT2D eigenvalue weighted by Crippen LogP contribution is 2.32. The van der Waals surface area contributed by atoms with Crippen molar-refractivity contribution >= 4 is 11.8 Å². The second-order valence-electron chi connectivity index (χ2n) is 6.45. The van der Waals surface area contributed by atoms with Gasteiger partial charge in [0.1, 0.15) is 0 Å². The molecule has 2 amide bonds. The quantitative estimate of drug-likeness (QED) is 0.895. The van der Waals surface area contributed by atoms with Gasteiger partial charge in [0.15, 0.2) is 0 Å². The summed E-state index contributed by atoms with van der Waals surface area (Å²) in [5, 5.41) is 2.90. The maximum Gasteiger partial charge on any atom is 0.417 e. The van der Waals surface area contributed by atoms with Gasteiger partial charge in [0.25, 0.3) is 5.91 Å². The molecule has 136 valence electrons. The molecule has 2 fully saturated rings. The first kappa shape index (κ1) is 17.7. The fraction of sp³-hybridized carbons (Fsp3) is 0.529. The zero-order chi connectivity index (χ0) is 18.0. The molecule has 1 aliphatic carbocycles. The van der Waals surface area contributed by atoms with Crippen LogP contribution in [0.1, 0.15) is 28.8 Å². The molecule has 1 aromatic carbocycles. The maximum absolute atomic E-state index is 13.1. The van der Waals surface area contributed by atoms with Crippen LogP contribution in [0.5, 0.6) is 0 Å². The van der Waals surface area contributed by atoms with Crippen LogP contribution in [0.2, 0.25) is 0 Å². The molecule has 8 heteroatoms. The number of piperazine rings is 1. The molecule has 1 heterocycles. The number of benzene rings is 1. The Morgan fingerprint density at radius 2 is 1.72 bits per heavy atom. The first-order valence-electron chi connectivity index (χ1n) is 8.32. The Morgan fingerprint density at radius 3 is 2.32 bits per heavy atom. The fourth-order valence-corrected chi connectivity index (χ4v) is 2.90. The molecule has 2 aliphatic rings. The number of nitrogens with one attached hydrogen (secondary N) is 1. The maximum atomic E-state index is 13.1. The van der Waals surface area contributed by atoms with Crippen LogP contribution >= 0.6 is 0 Å². The molecule has 0 bridgehead atoms. The first-order chi connectivity index (χ1) is 11.8. The number of alkyl halides is 3. The van der Waals surface area contributed by atoms with Crippen molar-refractivity contribution in [1.29, 1.82) is 0 Å². The van der Waals surface area contributed by atoms with Crippen LogP contribution < -0.4 is 5.32 Å². The molecule has 0 atom stereocenters. The number of halogens is 3. The fourth-order valence-electron chi connectivity index (χ4n) is 2.90. The van der Waals surface area contributed by atoms with Gasteiger partial charge in [-0.2, -0.15) is 13.2 Å². The summed E-state index contributed by atoms with van der Waals surface area (Å²) in [5.74, 6) is -0.653. The number of amides is 2. The van der Waals surface area contributed by atoms with Gasteiger partial charge in [-0.25, -0.2) is 0 Å². The van der Waals surface area contributed by atoms with Crippen molar-refractivity contribution in [2.24, 2.45) is 0 Å². The van der Waals surface area contributed by atoms with Crippen molar-refractivity contribution in [3.05, 3.63) is 35.4 Å². The predicted molar refractivity (Wildman–Crippen MR) is 85.0 cm³/mol. The summed E-state index contributed by atoms with van der Waals surface area (Å²) in [4.78, 5) is 27.6. The van der Waals surface area contributed by atoms with Gasteiger partial charge in [0.2, 0.25) is 5.91 Å². The molecule has 0 spiro atoms. The molecular formula is C17H20F3N3O2. The van der Waals surface area contributed by atoms with E-state index >= 15 is 0 Å². The van der Waals surface area contributed by atoms with Crippen LogP contribution in [-0.2, 0) is 11.0 Å². The van der Waals surface area contributed by atoms with Crippen molar-refractivity contribution in [3.8, 4) is 0 Å². The lowest BCUT2D eigenvalue weighted by molar-refractivity contribution is -0.138. The lowest BCUT2D eigenvalue weighted by Gasteiger charge is -2.34. The van der Waals surface area contributed by atoms with Crippen molar-refractivity contribution in [3.63, 3.8) is 0 Å². The summed E-state index contributed by atoms with van der Waals surface area (Å²) in [7, 11) is 0. The van der Waals surface area contributed by atoms with Gasteiger partial charge in [-0.1, -0.05) is 12.1 Å². The molecule has 25 heavy (non-hydrogen) atoms. The van der Waals surface area contributed by atoms with E-state index in [0.717, 1.165) is 18.9 Å². The summed E-state index contributed by atoms with van der Waals surface area (Å²) >= 11 is 0. The van der Waals surface area contributed by atoms with Gasteiger partial charge in [0.05, 0.1) is 17.7 Å². The lowest BCUT2D eigenvalue weighted by Crippen LogP contribution is -2.51. The summed E-state index contributed by atoms with van der Waals surface area (Å²) in [6.45, 7) is 1.82. The molecule has 1 saturated carbocycles. The Bertz CT molecular complexity index is 651. The molecule has 0 aromatic heterocycles. The van der Waals surface area contributed by atoms with Gasteiger partial charge in [-0.15, -0.1) is 0 Å². The number of rotatable bonds is 4. The summed E-state index contributed by atoms with van der Waals surface area (Å²) in [6.07, 6.45) is -2.52. The second kappa shape index (κ2) is 7.03. The Balaban J connectivity index is 1.57. The summed E-state index contributed by atoms with van der Waals surface area (Å²) < 4.78 is 39.2. The number of carbonyl (C=O) groups excluding carboxylic acids is 2. The van der Waals surface area contributed by atoms with Crippen molar-refractivity contribution < 1.29 is 22.8 Å². The monoisotopic (exact) mass is 355 g/mol.